The van der Waals surface area contributed by atoms with Crippen LogP contribution in [0.1, 0.15) is 65.1 Å². The van der Waals surface area contributed by atoms with Gasteiger partial charge >= 0.3 is 5.97 Å². The number of esters is 1. The summed E-state index contributed by atoms with van der Waals surface area (Å²) in [4.78, 5) is 31.1. The highest BCUT2D eigenvalue weighted by atomic mass is 32.1. The fraction of sp³-hybridized carbons (Fsp3) is 0.385. The maximum Gasteiger partial charge on any atom is 0.313 e. The summed E-state index contributed by atoms with van der Waals surface area (Å²) in [6, 6.07) is 3.15. The van der Waals surface area contributed by atoms with E-state index in [-0.39, 0.29) is 36.6 Å². The summed E-state index contributed by atoms with van der Waals surface area (Å²) < 4.78 is 21.9. The van der Waals surface area contributed by atoms with Crippen molar-refractivity contribution in [2.24, 2.45) is 0 Å². The van der Waals surface area contributed by atoms with Crippen molar-refractivity contribution in [1.82, 2.24) is 14.9 Å². The Morgan fingerprint density at radius 2 is 2.11 bits per heavy atom. The van der Waals surface area contributed by atoms with Gasteiger partial charge in [0.25, 0.3) is 5.56 Å². The Hall–Kier alpha value is -3.17. The lowest BCUT2D eigenvalue weighted by atomic mass is 9.81. The number of ether oxygens (including phenoxy) is 1. The summed E-state index contributed by atoms with van der Waals surface area (Å²) in [6.45, 7) is 3.69. The second-order valence-electron chi connectivity index (χ2n) is 9.45. The normalized spacial score (nSPS) is 19.7. The molecular weight excluding hydrogens is 469 g/mol. The Morgan fingerprint density at radius 1 is 1.31 bits per heavy atom. The van der Waals surface area contributed by atoms with Gasteiger partial charge in [-0.15, -0.1) is 0 Å². The molecule has 0 radical (unpaired) electrons. The molecule has 3 aromatic rings. The third kappa shape index (κ3) is 3.11. The van der Waals surface area contributed by atoms with Crippen molar-refractivity contribution in [2.45, 2.75) is 58.2 Å². The molecule has 0 saturated carbocycles. The molecule has 35 heavy (non-hydrogen) atoms. The average Bonchev–Trinajstić information content (AvgIpc) is 3.21. The Balaban J connectivity index is 1.65. The van der Waals surface area contributed by atoms with Crippen molar-refractivity contribution < 1.29 is 19.0 Å². The topological polar surface area (TPSA) is 93.5 Å². The van der Waals surface area contributed by atoms with Gasteiger partial charge in [-0.3, -0.25) is 9.59 Å². The molecule has 1 aliphatic carbocycles. The van der Waals surface area contributed by atoms with E-state index in [4.69, 9.17) is 21.9 Å². The van der Waals surface area contributed by atoms with E-state index in [9.17, 15) is 19.1 Å². The molecule has 180 valence electrons. The van der Waals surface area contributed by atoms with E-state index in [0.29, 0.717) is 64.4 Å². The number of aryl methyl sites for hydroxylation is 1. The number of fused-ring (bicyclic) bond motifs is 5. The molecule has 4 heterocycles. The van der Waals surface area contributed by atoms with Gasteiger partial charge in [0.1, 0.15) is 17.4 Å². The number of carbonyl (C=O) groups is 1. The summed E-state index contributed by atoms with van der Waals surface area (Å²) in [5, 5.41) is 13.7. The van der Waals surface area contributed by atoms with Crippen molar-refractivity contribution in [1.29, 1.82) is 0 Å². The van der Waals surface area contributed by atoms with E-state index >= 15 is 0 Å². The van der Waals surface area contributed by atoms with Crippen LogP contribution in [0.25, 0.3) is 22.3 Å². The van der Waals surface area contributed by atoms with Crippen molar-refractivity contribution >= 4 is 34.1 Å². The van der Waals surface area contributed by atoms with Crippen LogP contribution in [0.5, 0.6) is 0 Å². The number of nitrogens with zero attached hydrogens (tertiary/aromatic N) is 2. The minimum atomic E-state index is -0.497. The molecule has 0 saturated heterocycles. The standard InChI is InChI=1S/C26H24FN3O4S/c1-3-12-14-6-20-24-15(8-30(20)25(32)16(14)10-34-26(12)33)23-18(28-21(35)9-31)5-4-13-11(2)17(27)7-19(29-24)22(13)23/h6-7,12,18,31H,3-5,8-10H2,1-2H3,(H,28,35)/t12-,18+/m1/s1. The second-order valence-corrected chi connectivity index (χ2v) is 9.94. The Labute approximate surface area is 205 Å². The SMILES string of the molecule is CC[C@H]1C(=O)OCc2c1cc1n(c2=O)Cc2c-1nc1cc(F)c(C)c3c1c2[C@@H](NC(=S)CO)CC3. The molecule has 0 unspecified atom stereocenters. The molecule has 9 heteroatoms. The highest BCUT2D eigenvalue weighted by Gasteiger charge is 2.37. The Kier molecular flexibility index (Phi) is 5.05. The van der Waals surface area contributed by atoms with E-state index in [1.165, 1.54) is 6.07 Å². The van der Waals surface area contributed by atoms with Crippen LogP contribution in [-0.2, 0) is 29.1 Å². The van der Waals surface area contributed by atoms with E-state index in [1.807, 2.05) is 13.0 Å². The number of aliphatic hydroxyl groups is 1. The summed E-state index contributed by atoms with van der Waals surface area (Å²) in [6.07, 6.45) is 1.85. The van der Waals surface area contributed by atoms with E-state index in [2.05, 4.69) is 5.32 Å². The third-order valence-electron chi connectivity index (χ3n) is 7.68. The van der Waals surface area contributed by atoms with Crippen LogP contribution >= 0.6 is 12.2 Å². The molecule has 2 atom stereocenters. The van der Waals surface area contributed by atoms with Gasteiger partial charge in [0.05, 0.1) is 47.6 Å². The van der Waals surface area contributed by atoms with Crippen LogP contribution in [0, 0.1) is 12.7 Å². The zero-order chi connectivity index (χ0) is 24.6. The smallest absolute Gasteiger partial charge is 0.313 e. The maximum absolute atomic E-state index is 14.9. The predicted octanol–water partition coefficient (Wildman–Crippen LogP) is 3.32. The first-order chi connectivity index (χ1) is 16.8. The second kappa shape index (κ2) is 7.93. The monoisotopic (exact) mass is 493 g/mol. The number of rotatable bonds is 3. The number of aliphatic hydroxyl groups excluding tert-OH is 1. The van der Waals surface area contributed by atoms with Crippen LogP contribution in [0.15, 0.2) is 16.9 Å². The van der Waals surface area contributed by atoms with Gasteiger partial charge in [-0.05, 0) is 54.5 Å². The first-order valence-electron chi connectivity index (χ1n) is 11.8. The fourth-order valence-electron chi connectivity index (χ4n) is 5.96. The molecule has 7 nitrogen and oxygen atoms in total. The van der Waals surface area contributed by atoms with Gasteiger partial charge in [0, 0.05) is 17.0 Å². The molecule has 0 spiro atoms. The van der Waals surface area contributed by atoms with Gasteiger partial charge < -0.3 is 19.7 Å². The van der Waals surface area contributed by atoms with Gasteiger partial charge in [0.15, 0.2) is 0 Å². The van der Waals surface area contributed by atoms with E-state index in [0.717, 1.165) is 22.1 Å². The van der Waals surface area contributed by atoms with Gasteiger partial charge in [-0.1, -0.05) is 19.1 Å². The number of hydrogen-bond donors (Lipinski definition) is 2. The van der Waals surface area contributed by atoms with Crippen LogP contribution in [0.3, 0.4) is 0 Å². The number of benzene rings is 1. The van der Waals surface area contributed by atoms with Crippen LogP contribution in [-0.4, -0.2) is 32.2 Å². The lowest BCUT2D eigenvalue weighted by Crippen LogP contribution is -2.33. The number of nitrogens with one attached hydrogen (secondary N) is 1. The van der Waals surface area contributed by atoms with E-state index in [1.54, 1.807) is 11.5 Å². The highest BCUT2D eigenvalue weighted by Crippen LogP contribution is 2.45. The number of pyridine rings is 2. The van der Waals surface area contributed by atoms with Gasteiger partial charge in [-0.2, -0.15) is 0 Å². The molecular formula is C26H24FN3O4S. The summed E-state index contributed by atoms with van der Waals surface area (Å²) in [7, 11) is 0. The number of aromatic nitrogens is 2. The lowest BCUT2D eigenvalue weighted by Gasteiger charge is -2.30. The van der Waals surface area contributed by atoms with Crippen LogP contribution in [0.4, 0.5) is 4.39 Å². The fourth-order valence-corrected chi connectivity index (χ4v) is 6.10. The molecule has 3 aliphatic rings. The van der Waals surface area contributed by atoms with Crippen LogP contribution in [0.2, 0.25) is 0 Å². The molecule has 2 N–H and O–H groups in total. The quantitative estimate of drug-likeness (QED) is 0.334. The number of halogens is 1. The summed E-state index contributed by atoms with van der Waals surface area (Å²) in [5.41, 5.74) is 6.16. The first kappa shape index (κ1) is 22.3. The van der Waals surface area contributed by atoms with Gasteiger partial charge in [0.2, 0.25) is 0 Å². The first-order valence-corrected chi connectivity index (χ1v) is 12.2. The number of carbonyl (C=O) groups excluding carboxylic acids is 1. The number of thiocarbonyl (C=S) groups is 1. The van der Waals surface area contributed by atoms with Crippen LogP contribution < -0.4 is 10.9 Å². The van der Waals surface area contributed by atoms with Crippen molar-refractivity contribution in [3.63, 3.8) is 0 Å². The molecule has 0 fully saturated rings. The number of cyclic esters (lactones) is 1. The minimum Gasteiger partial charge on any atom is -0.460 e. The molecule has 1 aromatic carbocycles. The minimum absolute atomic E-state index is 0.0358. The molecule has 6 rings (SSSR count). The summed E-state index contributed by atoms with van der Waals surface area (Å²) in [5.74, 6) is -1.13. The Morgan fingerprint density at radius 3 is 2.86 bits per heavy atom. The lowest BCUT2D eigenvalue weighted by molar-refractivity contribution is -0.148. The number of hydrogen-bond acceptors (Lipinski definition) is 6. The van der Waals surface area contributed by atoms with Crippen molar-refractivity contribution in [3.8, 4) is 11.4 Å². The zero-order valence-corrected chi connectivity index (χ0v) is 20.2. The highest BCUT2D eigenvalue weighted by molar-refractivity contribution is 7.80. The third-order valence-corrected chi connectivity index (χ3v) is 7.92. The average molecular weight is 494 g/mol. The van der Waals surface area contributed by atoms with Crippen molar-refractivity contribution in [3.05, 3.63) is 61.7 Å². The molecule has 2 aliphatic heterocycles. The molecule has 0 bridgehead atoms. The Bertz CT molecular complexity index is 1530. The molecule has 2 aromatic heterocycles. The maximum atomic E-state index is 14.9. The largest absolute Gasteiger partial charge is 0.460 e. The zero-order valence-electron chi connectivity index (χ0n) is 19.4. The van der Waals surface area contributed by atoms with Crippen molar-refractivity contribution in [2.75, 3.05) is 6.61 Å². The predicted molar refractivity (Wildman–Crippen MR) is 132 cm³/mol. The van der Waals surface area contributed by atoms with Gasteiger partial charge in [-0.25, -0.2) is 9.37 Å². The summed E-state index contributed by atoms with van der Waals surface area (Å²) >= 11 is 5.28. The molecule has 0 amide bonds. The van der Waals surface area contributed by atoms with E-state index < -0.39 is 5.92 Å².